The maximum absolute atomic E-state index is 13.1. The van der Waals surface area contributed by atoms with Gasteiger partial charge in [-0.2, -0.15) is 5.10 Å². The Balaban J connectivity index is 1.67. The highest BCUT2D eigenvalue weighted by Crippen LogP contribution is 2.22. The first-order valence-corrected chi connectivity index (χ1v) is 8.33. The highest BCUT2D eigenvalue weighted by Gasteiger charge is 2.24. The number of piperazine rings is 1. The summed E-state index contributed by atoms with van der Waals surface area (Å²) in [5.74, 6) is 0.154. The third-order valence-corrected chi connectivity index (χ3v) is 4.51. The molecule has 3 rings (SSSR count). The fourth-order valence-corrected chi connectivity index (χ4v) is 2.96. The van der Waals surface area contributed by atoms with Crippen molar-refractivity contribution < 1.29 is 9.18 Å². The van der Waals surface area contributed by atoms with Crippen molar-refractivity contribution in [3.8, 4) is 0 Å². The van der Waals surface area contributed by atoms with Crippen LogP contribution in [-0.4, -0.2) is 61.3 Å². The Morgan fingerprint density at radius 3 is 2.56 bits per heavy atom. The van der Waals surface area contributed by atoms with Gasteiger partial charge in [-0.25, -0.2) is 4.39 Å². The van der Waals surface area contributed by atoms with Crippen molar-refractivity contribution in [3.05, 3.63) is 46.9 Å². The van der Waals surface area contributed by atoms with E-state index >= 15 is 0 Å². The number of nitrogens with zero attached hydrogens (tertiary/aromatic N) is 5. The van der Waals surface area contributed by atoms with Crippen molar-refractivity contribution in [3.63, 3.8) is 0 Å². The van der Waals surface area contributed by atoms with Gasteiger partial charge in [-0.3, -0.25) is 4.79 Å². The monoisotopic (exact) mass is 363 g/mol. The maximum atomic E-state index is 13.1. The number of carbonyl (C=O) groups excluding carboxylic acids is 1. The largest absolute Gasteiger partial charge is 0.376 e. The van der Waals surface area contributed by atoms with Crippen LogP contribution in [0.4, 0.5) is 15.9 Å². The summed E-state index contributed by atoms with van der Waals surface area (Å²) in [6.45, 7) is 2.38. The number of halogens is 2. The van der Waals surface area contributed by atoms with Gasteiger partial charge in [0.1, 0.15) is 5.82 Å². The van der Waals surface area contributed by atoms with Crippen LogP contribution in [0, 0.1) is 5.82 Å². The summed E-state index contributed by atoms with van der Waals surface area (Å²) in [7, 11) is 3.90. The average molecular weight is 364 g/mol. The number of benzene rings is 1. The quantitative estimate of drug-likeness (QED) is 0.837. The number of hydrogen-bond acceptors (Lipinski definition) is 5. The molecular formula is C17H19ClFN5O. The van der Waals surface area contributed by atoms with Gasteiger partial charge >= 0.3 is 0 Å². The summed E-state index contributed by atoms with van der Waals surface area (Å²) in [6.07, 6.45) is 1.71. The van der Waals surface area contributed by atoms with Gasteiger partial charge in [0.25, 0.3) is 5.91 Å². The number of anilines is 2. The standard InChI is InChI=1S/C17H19ClFN5O/c1-22(2)13-10-16(21-20-11-13)23-5-7-24(8-6-23)17(25)14-4-3-12(19)9-15(14)18/h3-4,9-11H,5-8H2,1-2H3. The maximum Gasteiger partial charge on any atom is 0.255 e. The van der Waals surface area contributed by atoms with Crippen molar-refractivity contribution in [2.24, 2.45) is 0 Å². The molecule has 0 N–H and O–H groups in total. The first kappa shape index (κ1) is 17.4. The zero-order valence-electron chi connectivity index (χ0n) is 14.1. The minimum Gasteiger partial charge on any atom is -0.376 e. The summed E-state index contributed by atoms with van der Waals surface area (Å²) >= 11 is 5.99. The van der Waals surface area contributed by atoms with Crippen LogP contribution in [0.15, 0.2) is 30.5 Å². The first-order chi connectivity index (χ1) is 12.0. The normalized spacial score (nSPS) is 14.6. The van der Waals surface area contributed by atoms with Crippen LogP contribution in [0.3, 0.4) is 0 Å². The lowest BCUT2D eigenvalue weighted by molar-refractivity contribution is 0.0746. The van der Waals surface area contributed by atoms with Crippen molar-refractivity contribution in [2.75, 3.05) is 50.1 Å². The molecule has 0 atom stereocenters. The van der Waals surface area contributed by atoms with Gasteiger partial charge in [0.05, 0.1) is 22.5 Å². The van der Waals surface area contributed by atoms with E-state index in [0.717, 1.165) is 17.6 Å². The molecule has 1 amide bonds. The molecule has 0 spiro atoms. The third-order valence-electron chi connectivity index (χ3n) is 4.20. The molecule has 0 radical (unpaired) electrons. The number of hydrogen-bond donors (Lipinski definition) is 0. The smallest absolute Gasteiger partial charge is 0.255 e. The van der Waals surface area contributed by atoms with Crippen molar-refractivity contribution in [1.29, 1.82) is 0 Å². The zero-order chi connectivity index (χ0) is 18.0. The van der Waals surface area contributed by atoms with E-state index in [1.807, 2.05) is 25.1 Å². The molecule has 1 aliphatic rings. The topological polar surface area (TPSA) is 52.6 Å². The van der Waals surface area contributed by atoms with Gasteiger partial charge in [-0.05, 0) is 18.2 Å². The summed E-state index contributed by atoms with van der Waals surface area (Å²) in [5, 5.41) is 8.35. The van der Waals surface area contributed by atoms with Crippen LogP contribution in [0.2, 0.25) is 5.02 Å². The highest BCUT2D eigenvalue weighted by molar-refractivity contribution is 6.33. The Morgan fingerprint density at radius 2 is 1.92 bits per heavy atom. The van der Waals surface area contributed by atoms with E-state index in [-0.39, 0.29) is 10.9 Å². The molecule has 1 aromatic heterocycles. The number of aromatic nitrogens is 2. The van der Waals surface area contributed by atoms with Crippen LogP contribution >= 0.6 is 11.6 Å². The van der Waals surface area contributed by atoms with Gasteiger partial charge in [0.15, 0.2) is 5.82 Å². The number of amides is 1. The van der Waals surface area contributed by atoms with Crippen LogP contribution < -0.4 is 9.80 Å². The fraction of sp³-hybridized carbons (Fsp3) is 0.353. The number of carbonyl (C=O) groups is 1. The Kier molecular flexibility index (Phi) is 5.03. The van der Waals surface area contributed by atoms with E-state index in [1.165, 1.54) is 12.1 Å². The van der Waals surface area contributed by atoms with Gasteiger partial charge in [0, 0.05) is 46.3 Å². The van der Waals surface area contributed by atoms with Crippen molar-refractivity contribution in [2.45, 2.75) is 0 Å². The third kappa shape index (κ3) is 3.82. The Hall–Kier alpha value is -2.41. The molecule has 0 aliphatic carbocycles. The van der Waals surface area contributed by atoms with Crippen LogP contribution in [0.1, 0.15) is 10.4 Å². The van der Waals surface area contributed by atoms with Crippen molar-refractivity contribution >= 4 is 29.0 Å². The van der Waals surface area contributed by atoms with Crippen LogP contribution in [0.25, 0.3) is 0 Å². The Morgan fingerprint density at radius 1 is 1.20 bits per heavy atom. The van der Waals surface area contributed by atoms with Crippen LogP contribution in [0.5, 0.6) is 0 Å². The van der Waals surface area contributed by atoms with E-state index in [9.17, 15) is 9.18 Å². The fourth-order valence-electron chi connectivity index (χ4n) is 2.72. The van der Waals surface area contributed by atoms with Gasteiger partial charge < -0.3 is 14.7 Å². The average Bonchev–Trinajstić information content (AvgIpc) is 2.61. The molecule has 6 nitrogen and oxygen atoms in total. The minimum absolute atomic E-state index is 0.136. The summed E-state index contributed by atoms with van der Waals surface area (Å²) < 4.78 is 13.1. The van der Waals surface area contributed by atoms with Gasteiger partial charge in [-0.1, -0.05) is 11.6 Å². The van der Waals surface area contributed by atoms with E-state index in [1.54, 1.807) is 11.1 Å². The van der Waals surface area contributed by atoms with Gasteiger partial charge in [0.2, 0.25) is 0 Å². The lowest BCUT2D eigenvalue weighted by Gasteiger charge is -2.35. The van der Waals surface area contributed by atoms with Crippen LogP contribution in [-0.2, 0) is 0 Å². The lowest BCUT2D eigenvalue weighted by atomic mass is 10.1. The zero-order valence-corrected chi connectivity index (χ0v) is 14.9. The molecule has 25 heavy (non-hydrogen) atoms. The second-order valence-corrected chi connectivity index (χ2v) is 6.48. The highest BCUT2D eigenvalue weighted by atomic mass is 35.5. The molecule has 0 unspecified atom stereocenters. The predicted octanol–water partition coefficient (Wildman–Crippen LogP) is 2.30. The minimum atomic E-state index is -0.453. The lowest BCUT2D eigenvalue weighted by Crippen LogP contribution is -2.49. The Bertz CT molecular complexity index is 777. The second kappa shape index (κ2) is 7.23. The number of rotatable bonds is 3. The molecule has 0 bridgehead atoms. The molecule has 1 aromatic carbocycles. The molecule has 1 saturated heterocycles. The molecule has 2 aromatic rings. The molecule has 1 fully saturated rings. The Labute approximate surface area is 150 Å². The molecule has 8 heteroatoms. The van der Waals surface area contributed by atoms with E-state index in [2.05, 4.69) is 15.1 Å². The first-order valence-electron chi connectivity index (χ1n) is 7.95. The molecule has 132 valence electrons. The van der Waals surface area contributed by atoms with E-state index in [0.29, 0.717) is 31.7 Å². The molecule has 2 heterocycles. The summed E-state index contributed by atoms with van der Waals surface area (Å²) in [6, 6.07) is 5.81. The second-order valence-electron chi connectivity index (χ2n) is 6.07. The van der Waals surface area contributed by atoms with E-state index in [4.69, 9.17) is 11.6 Å². The SMILES string of the molecule is CN(C)c1cnnc(N2CCN(C(=O)c3ccc(F)cc3Cl)CC2)c1. The predicted molar refractivity (Wildman–Crippen MR) is 95.9 cm³/mol. The van der Waals surface area contributed by atoms with Crippen molar-refractivity contribution in [1.82, 2.24) is 15.1 Å². The molecule has 0 saturated carbocycles. The summed E-state index contributed by atoms with van der Waals surface area (Å²) in [5.41, 5.74) is 1.30. The summed E-state index contributed by atoms with van der Waals surface area (Å²) in [4.78, 5) is 18.4. The molecule has 1 aliphatic heterocycles. The van der Waals surface area contributed by atoms with Gasteiger partial charge in [-0.15, -0.1) is 5.10 Å². The van der Waals surface area contributed by atoms with E-state index < -0.39 is 5.82 Å². The molecular weight excluding hydrogens is 345 g/mol.